The smallest absolute Gasteiger partial charge is 0.276 e. The summed E-state index contributed by atoms with van der Waals surface area (Å²) >= 11 is 5.83. The third-order valence-corrected chi connectivity index (χ3v) is 4.86. The fourth-order valence-corrected chi connectivity index (χ4v) is 3.08. The van der Waals surface area contributed by atoms with E-state index in [1.165, 1.54) is 19.2 Å². The second-order valence-corrected chi connectivity index (χ2v) is 7.10. The zero-order valence-corrected chi connectivity index (χ0v) is 14.9. The Bertz CT molecular complexity index is 618. The summed E-state index contributed by atoms with van der Waals surface area (Å²) in [4.78, 5) is 0. The number of benzene rings is 1. The Morgan fingerprint density at radius 1 is 1.48 bits per heavy atom. The van der Waals surface area contributed by atoms with Crippen LogP contribution < -0.4 is 14.8 Å². The predicted octanol–water partition coefficient (Wildman–Crippen LogP) is 1.23. The van der Waals surface area contributed by atoms with Gasteiger partial charge in [0, 0.05) is 32.6 Å². The Balaban J connectivity index is 0.00000264. The average Bonchev–Trinajstić information content (AvgIpc) is 2.73. The summed E-state index contributed by atoms with van der Waals surface area (Å²) in [6.07, 6.45) is -0.368. The van der Waals surface area contributed by atoms with Crippen LogP contribution >= 0.6 is 24.0 Å². The standard InChI is InChI=1S/C13H19ClFN3O3S.ClH/c1-16-22(19,20)18-8-10-7-17-4-5-21-13(10)9-2-3-12(15)11(14)6-9;/h2-3,6,10,13,16-18H,4-5,7-8H2,1H3;1H/t10-,13-;/m0./s1. The maximum Gasteiger partial charge on any atom is 0.276 e. The average molecular weight is 388 g/mol. The third-order valence-electron chi connectivity index (χ3n) is 3.49. The second-order valence-electron chi connectivity index (χ2n) is 4.99. The first-order chi connectivity index (χ1) is 10.4. The normalized spacial score (nSPS) is 22.2. The van der Waals surface area contributed by atoms with Gasteiger partial charge in [-0.15, -0.1) is 12.4 Å². The number of halogens is 3. The van der Waals surface area contributed by atoms with E-state index in [1.807, 2.05) is 0 Å². The Labute approximate surface area is 146 Å². The van der Waals surface area contributed by atoms with E-state index in [4.69, 9.17) is 16.3 Å². The van der Waals surface area contributed by atoms with Crippen LogP contribution in [-0.2, 0) is 14.9 Å². The molecule has 0 amide bonds. The Morgan fingerprint density at radius 2 is 2.22 bits per heavy atom. The molecule has 0 radical (unpaired) electrons. The maximum atomic E-state index is 13.3. The van der Waals surface area contributed by atoms with Gasteiger partial charge >= 0.3 is 0 Å². The van der Waals surface area contributed by atoms with Gasteiger partial charge in [0.1, 0.15) is 5.82 Å². The highest BCUT2D eigenvalue weighted by atomic mass is 35.5. The van der Waals surface area contributed by atoms with Gasteiger partial charge in [-0.1, -0.05) is 17.7 Å². The molecule has 1 aliphatic rings. The molecule has 2 atom stereocenters. The van der Waals surface area contributed by atoms with Gasteiger partial charge in [0.15, 0.2) is 0 Å². The van der Waals surface area contributed by atoms with Crippen LogP contribution in [0.5, 0.6) is 0 Å². The summed E-state index contributed by atoms with van der Waals surface area (Å²) in [5.74, 6) is -0.642. The molecule has 1 saturated heterocycles. The van der Waals surface area contributed by atoms with E-state index in [9.17, 15) is 12.8 Å². The van der Waals surface area contributed by atoms with Crippen LogP contribution in [0.1, 0.15) is 11.7 Å². The topological polar surface area (TPSA) is 79.5 Å². The molecule has 1 fully saturated rings. The first-order valence-corrected chi connectivity index (χ1v) is 8.74. The van der Waals surface area contributed by atoms with Crippen LogP contribution in [-0.4, -0.2) is 41.7 Å². The van der Waals surface area contributed by atoms with E-state index >= 15 is 0 Å². The van der Waals surface area contributed by atoms with Crippen molar-refractivity contribution in [3.63, 3.8) is 0 Å². The van der Waals surface area contributed by atoms with Crippen LogP contribution in [0.2, 0.25) is 5.02 Å². The Hall–Kier alpha value is -0.480. The minimum Gasteiger partial charge on any atom is -0.372 e. The number of rotatable bonds is 5. The van der Waals surface area contributed by atoms with Gasteiger partial charge < -0.3 is 10.1 Å². The molecule has 1 aromatic carbocycles. The van der Waals surface area contributed by atoms with Crippen molar-refractivity contribution in [3.8, 4) is 0 Å². The minimum atomic E-state index is -3.52. The zero-order valence-electron chi connectivity index (χ0n) is 12.5. The SMILES string of the molecule is CNS(=O)(=O)NC[C@@H]1CNCCO[C@H]1c1ccc(F)c(Cl)c1.Cl. The largest absolute Gasteiger partial charge is 0.372 e. The fraction of sp³-hybridized carbons (Fsp3) is 0.538. The highest BCUT2D eigenvalue weighted by Gasteiger charge is 2.27. The van der Waals surface area contributed by atoms with Crippen molar-refractivity contribution in [2.45, 2.75) is 6.10 Å². The van der Waals surface area contributed by atoms with Crippen molar-refractivity contribution < 1.29 is 17.5 Å². The van der Waals surface area contributed by atoms with E-state index < -0.39 is 16.0 Å². The molecule has 10 heteroatoms. The summed E-state index contributed by atoms with van der Waals surface area (Å²) < 4.78 is 46.8. The molecule has 1 heterocycles. The summed E-state index contributed by atoms with van der Waals surface area (Å²) in [5.41, 5.74) is 0.726. The molecule has 0 saturated carbocycles. The van der Waals surface area contributed by atoms with E-state index in [2.05, 4.69) is 14.8 Å². The van der Waals surface area contributed by atoms with Crippen LogP contribution in [0.25, 0.3) is 0 Å². The molecule has 0 aromatic heterocycles. The predicted molar refractivity (Wildman–Crippen MR) is 89.7 cm³/mol. The summed E-state index contributed by atoms with van der Waals surface area (Å²) in [5, 5.41) is 3.21. The van der Waals surface area contributed by atoms with Crippen LogP contribution in [0.3, 0.4) is 0 Å². The highest BCUT2D eigenvalue weighted by Crippen LogP contribution is 2.29. The lowest BCUT2D eigenvalue weighted by Crippen LogP contribution is -2.40. The molecule has 0 bridgehead atoms. The number of hydrogen-bond acceptors (Lipinski definition) is 4. The first kappa shape index (κ1) is 20.6. The summed E-state index contributed by atoms with van der Waals surface area (Å²) in [6, 6.07) is 4.41. The molecule has 1 aromatic rings. The van der Waals surface area contributed by atoms with E-state index in [1.54, 1.807) is 6.07 Å². The van der Waals surface area contributed by atoms with Crippen LogP contribution in [0, 0.1) is 11.7 Å². The molecule has 1 aliphatic heterocycles. The fourth-order valence-electron chi connectivity index (χ4n) is 2.31. The number of hydrogen-bond donors (Lipinski definition) is 3. The van der Waals surface area contributed by atoms with Crippen LogP contribution in [0.15, 0.2) is 18.2 Å². The van der Waals surface area contributed by atoms with Crippen molar-refractivity contribution in [1.82, 2.24) is 14.8 Å². The molecule has 0 spiro atoms. The van der Waals surface area contributed by atoms with Crippen LogP contribution in [0.4, 0.5) is 4.39 Å². The van der Waals surface area contributed by atoms with E-state index in [0.717, 1.165) is 5.56 Å². The summed E-state index contributed by atoms with van der Waals surface area (Å²) in [6.45, 7) is 1.91. The Morgan fingerprint density at radius 3 is 2.87 bits per heavy atom. The lowest BCUT2D eigenvalue weighted by atomic mass is 9.95. The van der Waals surface area contributed by atoms with Gasteiger partial charge in [0.25, 0.3) is 10.2 Å². The quantitative estimate of drug-likeness (QED) is 0.709. The molecule has 0 unspecified atom stereocenters. The molecular formula is C13H20Cl2FN3O3S. The molecule has 2 rings (SSSR count). The molecule has 132 valence electrons. The minimum absolute atomic E-state index is 0. The number of nitrogens with one attached hydrogen (secondary N) is 3. The number of ether oxygens (including phenoxy) is 1. The molecular weight excluding hydrogens is 368 g/mol. The van der Waals surface area contributed by atoms with Crippen molar-refractivity contribution in [1.29, 1.82) is 0 Å². The van der Waals surface area contributed by atoms with Gasteiger partial charge in [-0.05, 0) is 17.7 Å². The van der Waals surface area contributed by atoms with Crippen molar-refractivity contribution in [2.75, 3.05) is 33.3 Å². The Kier molecular flexibility index (Phi) is 8.15. The highest BCUT2D eigenvalue weighted by molar-refractivity contribution is 7.87. The molecule has 23 heavy (non-hydrogen) atoms. The maximum absolute atomic E-state index is 13.3. The van der Waals surface area contributed by atoms with E-state index in [-0.39, 0.29) is 36.0 Å². The van der Waals surface area contributed by atoms with Crippen molar-refractivity contribution in [3.05, 3.63) is 34.6 Å². The monoisotopic (exact) mass is 387 g/mol. The van der Waals surface area contributed by atoms with Gasteiger partial charge in [-0.3, -0.25) is 0 Å². The van der Waals surface area contributed by atoms with E-state index in [0.29, 0.717) is 19.7 Å². The molecule has 0 aliphatic carbocycles. The molecule has 3 N–H and O–H groups in total. The molecule has 6 nitrogen and oxygen atoms in total. The second kappa shape index (κ2) is 9.12. The van der Waals surface area contributed by atoms with Gasteiger partial charge in [0.2, 0.25) is 0 Å². The lowest BCUT2D eigenvalue weighted by molar-refractivity contribution is 0.0322. The van der Waals surface area contributed by atoms with Gasteiger partial charge in [-0.2, -0.15) is 8.42 Å². The van der Waals surface area contributed by atoms with Crippen molar-refractivity contribution >= 4 is 34.2 Å². The van der Waals surface area contributed by atoms with Gasteiger partial charge in [-0.25, -0.2) is 13.8 Å². The van der Waals surface area contributed by atoms with Gasteiger partial charge in [0.05, 0.1) is 17.7 Å². The first-order valence-electron chi connectivity index (χ1n) is 6.88. The lowest BCUT2D eigenvalue weighted by Gasteiger charge is -2.25. The summed E-state index contributed by atoms with van der Waals surface area (Å²) in [7, 11) is -2.19. The van der Waals surface area contributed by atoms with Crippen molar-refractivity contribution in [2.24, 2.45) is 5.92 Å². The zero-order chi connectivity index (χ0) is 16.2. The third kappa shape index (κ3) is 5.82.